The van der Waals surface area contributed by atoms with Gasteiger partial charge in [-0.25, -0.2) is 9.18 Å². The Hall–Kier alpha value is -2.59. The summed E-state index contributed by atoms with van der Waals surface area (Å²) in [5.74, 6) is -2.36. The highest BCUT2D eigenvalue weighted by molar-refractivity contribution is 6.01. The van der Waals surface area contributed by atoms with Crippen LogP contribution in [0.2, 0.25) is 0 Å². The fourth-order valence-corrected chi connectivity index (χ4v) is 10.5. The standard InChI is InChI=1S/C35H49FN2O7/c1-20-16-27-26-13-10-22-17-25(39)14-15-32(22,2)34(26,36)28(40)18-33(27,3)35(20,44)29(41)19-45-31(43)38-24-11-8-21(9-12-24)30(42)37-23-6-4-5-7-23/h14-15,17,20-21,23-24,26-28,40,44H,4-13,16,18-19H2,1-3H3,(H,37,42)(H,38,43)/t20-,21?,24?,26+,27+,28+,32+,33+,34+,35+/m1/s1. The molecule has 2 amide bonds. The van der Waals surface area contributed by atoms with Gasteiger partial charge < -0.3 is 25.6 Å². The number of carbonyl (C=O) groups is 4. The normalized spacial score (nSPS) is 44.3. The Morgan fingerprint density at radius 1 is 1.00 bits per heavy atom. The maximum atomic E-state index is 17.4. The summed E-state index contributed by atoms with van der Waals surface area (Å²) >= 11 is 0. The highest BCUT2D eigenvalue weighted by atomic mass is 19.1. The summed E-state index contributed by atoms with van der Waals surface area (Å²) < 4.78 is 22.7. The Morgan fingerprint density at radius 3 is 2.36 bits per heavy atom. The molecule has 5 saturated carbocycles. The third-order valence-corrected chi connectivity index (χ3v) is 13.1. The van der Waals surface area contributed by atoms with E-state index in [1.54, 1.807) is 26.8 Å². The third-order valence-electron chi connectivity index (χ3n) is 13.1. The topological polar surface area (TPSA) is 142 Å². The molecule has 45 heavy (non-hydrogen) atoms. The summed E-state index contributed by atoms with van der Waals surface area (Å²) in [4.78, 5) is 51.2. The van der Waals surface area contributed by atoms with Crippen LogP contribution in [0.5, 0.6) is 0 Å². The first-order chi connectivity index (χ1) is 21.2. The molecule has 0 aromatic rings. The maximum absolute atomic E-state index is 17.4. The molecule has 6 aliphatic rings. The van der Waals surface area contributed by atoms with Crippen LogP contribution in [0, 0.1) is 34.5 Å². The first-order valence-corrected chi connectivity index (χ1v) is 17.0. The monoisotopic (exact) mass is 628 g/mol. The highest BCUT2D eigenvalue weighted by Crippen LogP contribution is 2.70. The quantitative estimate of drug-likeness (QED) is 0.345. The van der Waals surface area contributed by atoms with E-state index in [0.29, 0.717) is 50.5 Å². The molecular formula is C35H49FN2O7. The summed E-state index contributed by atoms with van der Waals surface area (Å²) in [6.45, 7) is 4.63. The van der Waals surface area contributed by atoms with E-state index in [2.05, 4.69) is 10.6 Å². The number of aliphatic hydroxyl groups is 2. The van der Waals surface area contributed by atoms with Gasteiger partial charge in [-0.2, -0.15) is 0 Å². The smallest absolute Gasteiger partial charge is 0.407 e. The molecule has 0 saturated heterocycles. The molecule has 0 aliphatic heterocycles. The molecule has 0 spiro atoms. The van der Waals surface area contributed by atoms with Gasteiger partial charge in [0.1, 0.15) is 5.60 Å². The lowest BCUT2D eigenvalue weighted by molar-refractivity contribution is -0.219. The molecule has 6 aliphatic carbocycles. The average Bonchev–Trinajstić information content (AvgIpc) is 3.58. The zero-order chi connectivity index (χ0) is 32.4. The van der Waals surface area contributed by atoms with Crippen molar-refractivity contribution >= 4 is 23.6 Å². The minimum absolute atomic E-state index is 0.0621. The fraction of sp³-hybridized carbons (Fsp3) is 0.771. The van der Waals surface area contributed by atoms with Crippen molar-refractivity contribution in [3.05, 3.63) is 23.8 Å². The lowest BCUT2D eigenvalue weighted by atomic mass is 9.44. The second kappa shape index (κ2) is 11.6. The number of rotatable bonds is 6. The molecule has 0 bridgehead atoms. The van der Waals surface area contributed by atoms with E-state index in [1.165, 1.54) is 12.2 Å². The van der Waals surface area contributed by atoms with Crippen LogP contribution in [0.4, 0.5) is 9.18 Å². The van der Waals surface area contributed by atoms with Gasteiger partial charge in [0.2, 0.25) is 11.7 Å². The van der Waals surface area contributed by atoms with Crippen molar-refractivity contribution in [2.75, 3.05) is 6.61 Å². The fourth-order valence-electron chi connectivity index (χ4n) is 10.5. The first-order valence-electron chi connectivity index (χ1n) is 17.0. The Balaban J connectivity index is 1.07. The van der Waals surface area contributed by atoms with Gasteiger partial charge in [-0.3, -0.25) is 14.4 Å². The van der Waals surface area contributed by atoms with E-state index in [1.807, 2.05) is 0 Å². The molecule has 4 N–H and O–H groups in total. The minimum Gasteiger partial charge on any atom is -0.441 e. The summed E-state index contributed by atoms with van der Waals surface area (Å²) in [5.41, 5.74) is -5.58. The Labute approximate surface area is 264 Å². The SMILES string of the molecule is C[C@@H]1C[C@H]2[C@@H]3CCC4=CC(=O)C=C[C@]4(C)[C@@]3(F)[C@@H](O)C[C@]2(C)[C@@]1(O)C(=O)COC(=O)NC1CCC(C(=O)NC2CCCC2)CC1. The van der Waals surface area contributed by atoms with Crippen LogP contribution in [0.1, 0.15) is 97.8 Å². The number of Topliss-reactive ketones (excluding diaryl/α,β-unsaturated/α-hetero) is 1. The number of alkyl carbamates (subject to hydrolysis) is 1. The van der Waals surface area contributed by atoms with Gasteiger partial charge in [0.15, 0.2) is 18.1 Å². The number of ether oxygens (including phenoxy) is 1. The highest BCUT2D eigenvalue weighted by Gasteiger charge is 2.75. The number of aliphatic hydroxyl groups excluding tert-OH is 1. The van der Waals surface area contributed by atoms with E-state index < -0.39 is 64.4 Å². The van der Waals surface area contributed by atoms with E-state index >= 15 is 4.39 Å². The second-order valence-corrected chi connectivity index (χ2v) is 15.4. The predicted octanol–water partition coefficient (Wildman–Crippen LogP) is 4.25. The molecule has 248 valence electrons. The predicted molar refractivity (Wildman–Crippen MR) is 163 cm³/mol. The molecule has 0 unspecified atom stereocenters. The first kappa shape index (κ1) is 32.4. The van der Waals surface area contributed by atoms with Gasteiger partial charge >= 0.3 is 6.09 Å². The molecular weight excluding hydrogens is 579 g/mol. The lowest BCUT2D eigenvalue weighted by Crippen LogP contribution is -2.69. The zero-order valence-electron chi connectivity index (χ0n) is 26.8. The number of alkyl halides is 1. The van der Waals surface area contributed by atoms with Crippen LogP contribution in [-0.4, -0.2) is 69.8 Å². The average molecular weight is 629 g/mol. The van der Waals surface area contributed by atoms with Crippen LogP contribution in [0.15, 0.2) is 23.8 Å². The Morgan fingerprint density at radius 2 is 1.67 bits per heavy atom. The maximum Gasteiger partial charge on any atom is 0.407 e. The van der Waals surface area contributed by atoms with Crippen molar-refractivity contribution in [3.63, 3.8) is 0 Å². The number of hydrogen-bond acceptors (Lipinski definition) is 7. The number of ketones is 2. The van der Waals surface area contributed by atoms with Crippen LogP contribution in [0.3, 0.4) is 0 Å². The van der Waals surface area contributed by atoms with Crippen molar-refractivity contribution < 1.29 is 38.5 Å². The third kappa shape index (κ3) is 5.00. The molecule has 0 radical (unpaired) electrons. The zero-order valence-corrected chi connectivity index (χ0v) is 26.8. The van der Waals surface area contributed by atoms with Gasteiger partial charge in [-0.05, 0) is 95.1 Å². The molecule has 0 heterocycles. The van der Waals surface area contributed by atoms with Crippen molar-refractivity contribution in [1.82, 2.24) is 10.6 Å². The molecule has 5 fully saturated rings. The van der Waals surface area contributed by atoms with Crippen LogP contribution >= 0.6 is 0 Å². The number of fused-ring (bicyclic) bond motifs is 5. The Kier molecular flexibility index (Phi) is 8.33. The van der Waals surface area contributed by atoms with Crippen molar-refractivity contribution in [1.29, 1.82) is 0 Å². The van der Waals surface area contributed by atoms with Crippen molar-refractivity contribution in [2.24, 2.45) is 34.5 Å². The van der Waals surface area contributed by atoms with E-state index in [9.17, 15) is 29.4 Å². The second-order valence-electron chi connectivity index (χ2n) is 15.4. The van der Waals surface area contributed by atoms with Crippen LogP contribution in [0.25, 0.3) is 0 Å². The molecule has 6 rings (SSSR count). The van der Waals surface area contributed by atoms with Gasteiger partial charge in [0.25, 0.3) is 0 Å². The largest absolute Gasteiger partial charge is 0.441 e. The van der Waals surface area contributed by atoms with Gasteiger partial charge in [0, 0.05) is 34.7 Å². The van der Waals surface area contributed by atoms with Crippen molar-refractivity contribution in [3.8, 4) is 0 Å². The van der Waals surface area contributed by atoms with E-state index in [0.717, 1.165) is 25.7 Å². The number of carbonyl (C=O) groups excluding carboxylic acids is 4. The number of halogens is 1. The summed E-state index contributed by atoms with van der Waals surface area (Å²) in [6.07, 6.45) is 10.4. The van der Waals surface area contributed by atoms with Gasteiger partial charge in [0.05, 0.1) is 6.10 Å². The summed E-state index contributed by atoms with van der Waals surface area (Å²) in [5, 5.41) is 29.6. The van der Waals surface area contributed by atoms with Crippen LogP contribution in [-0.2, 0) is 19.1 Å². The minimum atomic E-state index is -2.06. The number of hydrogen-bond donors (Lipinski definition) is 4. The molecule has 0 aromatic heterocycles. The van der Waals surface area contributed by atoms with E-state index in [-0.39, 0.29) is 36.1 Å². The molecule has 10 heteroatoms. The van der Waals surface area contributed by atoms with Crippen LogP contribution < -0.4 is 10.6 Å². The van der Waals surface area contributed by atoms with Gasteiger partial charge in [-0.1, -0.05) is 38.3 Å². The number of nitrogens with one attached hydrogen (secondary N) is 2. The molecule has 0 aromatic carbocycles. The van der Waals surface area contributed by atoms with Gasteiger partial charge in [-0.15, -0.1) is 0 Å². The number of amides is 2. The van der Waals surface area contributed by atoms with E-state index in [4.69, 9.17) is 4.74 Å². The molecule has 8 atom stereocenters. The number of allylic oxidation sites excluding steroid dienone is 4. The lowest BCUT2D eigenvalue weighted by Gasteiger charge is -2.62. The Bertz CT molecular complexity index is 1300. The summed E-state index contributed by atoms with van der Waals surface area (Å²) in [7, 11) is 0. The molecule has 9 nitrogen and oxygen atoms in total. The van der Waals surface area contributed by atoms with Crippen molar-refractivity contribution in [2.45, 2.75) is 127 Å². The summed E-state index contributed by atoms with van der Waals surface area (Å²) in [6, 6.07) is 0.115.